The van der Waals surface area contributed by atoms with Gasteiger partial charge in [0.25, 0.3) is 0 Å². The lowest BCUT2D eigenvalue weighted by molar-refractivity contribution is -0.129. The molecular formula is C14H21N3O. The SMILES string of the molecule is Cc1ccc(CC(=O)N2CCC(C)(CN)C2)cn1. The highest BCUT2D eigenvalue weighted by molar-refractivity contribution is 5.79. The zero-order chi connectivity index (χ0) is 13.2. The van der Waals surface area contributed by atoms with Crippen molar-refractivity contribution in [2.24, 2.45) is 11.1 Å². The van der Waals surface area contributed by atoms with E-state index in [-0.39, 0.29) is 11.3 Å². The number of nitrogens with two attached hydrogens (primary N) is 1. The zero-order valence-corrected chi connectivity index (χ0v) is 11.1. The molecule has 1 aromatic heterocycles. The van der Waals surface area contributed by atoms with Gasteiger partial charge in [0.05, 0.1) is 6.42 Å². The van der Waals surface area contributed by atoms with E-state index >= 15 is 0 Å². The summed E-state index contributed by atoms with van der Waals surface area (Å²) in [6, 6.07) is 3.91. The standard InChI is InChI=1S/C14H21N3O/c1-11-3-4-12(8-16-11)7-13(18)17-6-5-14(2,9-15)10-17/h3-4,8H,5-7,9-10,15H2,1-2H3. The van der Waals surface area contributed by atoms with E-state index in [1.54, 1.807) is 6.20 Å². The lowest BCUT2D eigenvalue weighted by Crippen LogP contribution is -2.35. The Morgan fingerprint density at radius 3 is 2.89 bits per heavy atom. The molecule has 1 atom stereocenters. The molecule has 1 amide bonds. The van der Waals surface area contributed by atoms with Crippen LogP contribution in [0, 0.1) is 12.3 Å². The average molecular weight is 247 g/mol. The van der Waals surface area contributed by atoms with E-state index in [4.69, 9.17) is 5.73 Å². The molecule has 1 aromatic rings. The third kappa shape index (κ3) is 2.88. The first-order valence-corrected chi connectivity index (χ1v) is 6.42. The third-order valence-electron chi connectivity index (χ3n) is 3.73. The van der Waals surface area contributed by atoms with E-state index < -0.39 is 0 Å². The van der Waals surface area contributed by atoms with Gasteiger partial charge < -0.3 is 10.6 Å². The topological polar surface area (TPSA) is 59.2 Å². The molecule has 1 saturated heterocycles. The predicted molar refractivity (Wildman–Crippen MR) is 71.0 cm³/mol. The number of pyridine rings is 1. The number of aryl methyl sites for hydroxylation is 1. The fraction of sp³-hybridized carbons (Fsp3) is 0.571. The third-order valence-corrected chi connectivity index (χ3v) is 3.73. The van der Waals surface area contributed by atoms with Gasteiger partial charge in [-0.3, -0.25) is 9.78 Å². The van der Waals surface area contributed by atoms with Gasteiger partial charge in [0, 0.05) is 25.0 Å². The van der Waals surface area contributed by atoms with Gasteiger partial charge in [-0.1, -0.05) is 13.0 Å². The van der Waals surface area contributed by atoms with Crippen molar-refractivity contribution in [1.29, 1.82) is 0 Å². The van der Waals surface area contributed by atoms with Crippen molar-refractivity contribution in [2.75, 3.05) is 19.6 Å². The Morgan fingerprint density at radius 1 is 1.56 bits per heavy atom. The van der Waals surface area contributed by atoms with Crippen LogP contribution in [0.4, 0.5) is 0 Å². The van der Waals surface area contributed by atoms with Gasteiger partial charge >= 0.3 is 0 Å². The molecule has 0 radical (unpaired) electrons. The van der Waals surface area contributed by atoms with Crippen LogP contribution in [0.2, 0.25) is 0 Å². The summed E-state index contributed by atoms with van der Waals surface area (Å²) in [5, 5.41) is 0. The van der Waals surface area contributed by atoms with Crippen molar-refractivity contribution in [2.45, 2.75) is 26.7 Å². The van der Waals surface area contributed by atoms with Crippen molar-refractivity contribution in [3.05, 3.63) is 29.6 Å². The molecule has 0 saturated carbocycles. The second-order valence-electron chi connectivity index (χ2n) is 5.56. The molecule has 2 N–H and O–H groups in total. The van der Waals surface area contributed by atoms with Crippen molar-refractivity contribution in [3.8, 4) is 0 Å². The van der Waals surface area contributed by atoms with Crippen molar-refractivity contribution in [1.82, 2.24) is 9.88 Å². The fourth-order valence-corrected chi connectivity index (χ4v) is 2.29. The Hall–Kier alpha value is -1.42. The largest absolute Gasteiger partial charge is 0.342 e. The van der Waals surface area contributed by atoms with E-state index in [2.05, 4.69) is 11.9 Å². The van der Waals surface area contributed by atoms with Crippen molar-refractivity contribution < 1.29 is 4.79 Å². The second kappa shape index (κ2) is 5.06. The fourth-order valence-electron chi connectivity index (χ4n) is 2.29. The molecule has 4 nitrogen and oxygen atoms in total. The summed E-state index contributed by atoms with van der Waals surface area (Å²) in [6.07, 6.45) is 3.22. The Labute approximate surface area is 108 Å². The highest BCUT2D eigenvalue weighted by Crippen LogP contribution is 2.28. The van der Waals surface area contributed by atoms with E-state index in [0.29, 0.717) is 13.0 Å². The molecule has 1 aliphatic heterocycles. The lowest BCUT2D eigenvalue weighted by atomic mass is 9.90. The minimum atomic E-state index is 0.0984. The number of carbonyl (C=O) groups is 1. The molecule has 0 aliphatic carbocycles. The quantitative estimate of drug-likeness (QED) is 0.871. The second-order valence-corrected chi connectivity index (χ2v) is 5.56. The zero-order valence-electron chi connectivity index (χ0n) is 11.1. The van der Waals surface area contributed by atoms with E-state index in [1.165, 1.54) is 0 Å². The van der Waals surface area contributed by atoms with E-state index in [0.717, 1.165) is 30.8 Å². The van der Waals surface area contributed by atoms with E-state index in [1.807, 2.05) is 24.0 Å². The Morgan fingerprint density at radius 2 is 2.33 bits per heavy atom. The normalized spacial score (nSPS) is 23.4. The Bertz CT molecular complexity index is 429. The molecular weight excluding hydrogens is 226 g/mol. The maximum atomic E-state index is 12.2. The summed E-state index contributed by atoms with van der Waals surface area (Å²) in [5.74, 6) is 0.179. The number of hydrogen-bond acceptors (Lipinski definition) is 3. The molecule has 0 bridgehead atoms. The molecule has 98 valence electrons. The molecule has 18 heavy (non-hydrogen) atoms. The van der Waals surface area contributed by atoms with Crippen LogP contribution >= 0.6 is 0 Å². The molecule has 0 aromatic carbocycles. The molecule has 2 rings (SSSR count). The highest BCUT2D eigenvalue weighted by Gasteiger charge is 2.34. The van der Waals surface area contributed by atoms with Gasteiger partial charge in [0.15, 0.2) is 0 Å². The summed E-state index contributed by atoms with van der Waals surface area (Å²) in [4.78, 5) is 18.3. The first-order valence-electron chi connectivity index (χ1n) is 6.42. The predicted octanol–water partition coefficient (Wildman–Crippen LogP) is 1.13. The van der Waals surface area contributed by atoms with Crippen LogP contribution in [0.5, 0.6) is 0 Å². The van der Waals surface area contributed by atoms with Gasteiger partial charge in [0.1, 0.15) is 0 Å². The minimum absolute atomic E-state index is 0.0984. The van der Waals surface area contributed by atoms with Crippen LogP contribution < -0.4 is 5.73 Å². The Kier molecular flexibility index (Phi) is 3.66. The van der Waals surface area contributed by atoms with Gasteiger partial charge in [-0.15, -0.1) is 0 Å². The van der Waals surface area contributed by atoms with Crippen LogP contribution in [-0.4, -0.2) is 35.4 Å². The number of carbonyl (C=O) groups excluding carboxylic acids is 1. The molecule has 1 aliphatic rings. The number of hydrogen-bond donors (Lipinski definition) is 1. The number of amides is 1. The minimum Gasteiger partial charge on any atom is -0.342 e. The first-order chi connectivity index (χ1) is 8.52. The highest BCUT2D eigenvalue weighted by atomic mass is 16.2. The summed E-state index contributed by atoms with van der Waals surface area (Å²) in [5.41, 5.74) is 7.80. The monoisotopic (exact) mass is 247 g/mol. The van der Waals surface area contributed by atoms with E-state index in [9.17, 15) is 4.79 Å². The molecule has 1 unspecified atom stereocenters. The van der Waals surface area contributed by atoms with Gasteiger partial charge in [-0.05, 0) is 36.9 Å². The first kappa shape index (κ1) is 13.0. The van der Waals surface area contributed by atoms with Crippen LogP contribution in [0.3, 0.4) is 0 Å². The molecule has 4 heteroatoms. The smallest absolute Gasteiger partial charge is 0.227 e. The number of rotatable bonds is 3. The van der Waals surface area contributed by atoms with Gasteiger partial charge in [-0.2, -0.15) is 0 Å². The van der Waals surface area contributed by atoms with Crippen molar-refractivity contribution in [3.63, 3.8) is 0 Å². The molecule has 0 spiro atoms. The van der Waals surface area contributed by atoms with Crippen LogP contribution in [0.1, 0.15) is 24.6 Å². The maximum Gasteiger partial charge on any atom is 0.227 e. The number of likely N-dealkylation sites (tertiary alicyclic amines) is 1. The maximum absolute atomic E-state index is 12.2. The summed E-state index contributed by atoms with van der Waals surface area (Å²) < 4.78 is 0. The number of aromatic nitrogens is 1. The van der Waals surface area contributed by atoms with Gasteiger partial charge in [-0.25, -0.2) is 0 Å². The van der Waals surface area contributed by atoms with Crippen LogP contribution in [0.15, 0.2) is 18.3 Å². The molecule has 2 heterocycles. The number of nitrogens with zero attached hydrogens (tertiary/aromatic N) is 2. The summed E-state index contributed by atoms with van der Waals surface area (Å²) >= 11 is 0. The molecule has 1 fully saturated rings. The summed E-state index contributed by atoms with van der Waals surface area (Å²) in [6.45, 7) is 6.34. The Balaban J connectivity index is 1.95. The average Bonchev–Trinajstić information content (AvgIpc) is 2.76. The van der Waals surface area contributed by atoms with Crippen molar-refractivity contribution >= 4 is 5.91 Å². The van der Waals surface area contributed by atoms with Gasteiger partial charge in [0.2, 0.25) is 5.91 Å². The summed E-state index contributed by atoms with van der Waals surface area (Å²) in [7, 11) is 0. The van der Waals surface area contributed by atoms with Crippen LogP contribution in [0.25, 0.3) is 0 Å². The van der Waals surface area contributed by atoms with Crippen LogP contribution in [-0.2, 0) is 11.2 Å². The lowest BCUT2D eigenvalue weighted by Gasteiger charge is -2.22.